The number of carboxylic acid groups (broad SMARTS) is 1. The van der Waals surface area contributed by atoms with Crippen LogP contribution < -0.4 is 10.6 Å². The van der Waals surface area contributed by atoms with E-state index in [1.807, 2.05) is 0 Å². The zero-order valence-electron chi connectivity index (χ0n) is 9.27. The first kappa shape index (κ1) is 12.8. The first-order valence-electron chi connectivity index (χ1n) is 5.43. The van der Waals surface area contributed by atoms with Crippen molar-refractivity contribution in [2.75, 3.05) is 6.61 Å². The average molecular weight is 230 g/mol. The summed E-state index contributed by atoms with van der Waals surface area (Å²) >= 11 is 0. The maximum atomic E-state index is 11.4. The van der Waals surface area contributed by atoms with E-state index < -0.39 is 24.6 Å². The van der Waals surface area contributed by atoms with Crippen LogP contribution in [0.1, 0.15) is 26.2 Å². The lowest BCUT2D eigenvalue weighted by atomic mass is 10.1. The molecule has 0 radical (unpaired) electrons. The summed E-state index contributed by atoms with van der Waals surface area (Å²) in [5, 5.41) is 22.3. The minimum absolute atomic E-state index is 0.114. The molecule has 1 aliphatic carbocycles. The fraction of sp³-hybridized carbons (Fsp3) is 0.800. The highest BCUT2D eigenvalue weighted by Crippen LogP contribution is 2.24. The van der Waals surface area contributed by atoms with Gasteiger partial charge in [0.1, 0.15) is 0 Å². The van der Waals surface area contributed by atoms with Gasteiger partial charge in [0, 0.05) is 6.04 Å². The maximum absolute atomic E-state index is 11.4. The Hall–Kier alpha value is -1.30. The molecule has 6 heteroatoms. The molecule has 0 aliphatic heterocycles. The van der Waals surface area contributed by atoms with Gasteiger partial charge in [-0.2, -0.15) is 0 Å². The van der Waals surface area contributed by atoms with Crippen LogP contribution in [0.2, 0.25) is 0 Å². The zero-order chi connectivity index (χ0) is 12.1. The SMILES string of the molecule is CC1CCC(NC(=O)N[C@@H](CO)C(=O)O)C1. The third kappa shape index (κ3) is 3.69. The van der Waals surface area contributed by atoms with Gasteiger partial charge >= 0.3 is 12.0 Å². The van der Waals surface area contributed by atoms with Crippen LogP contribution in [-0.4, -0.2) is 40.9 Å². The van der Waals surface area contributed by atoms with Crippen molar-refractivity contribution in [1.29, 1.82) is 0 Å². The molecule has 1 aliphatic rings. The Bertz CT molecular complexity index is 270. The van der Waals surface area contributed by atoms with Gasteiger partial charge in [0.25, 0.3) is 0 Å². The molecule has 2 amide bonds. The second kappa shape index (κ2) is 5.69. The van der Waals surface area contributed by atoms with Crippen LogP contribution in [0.4, 0.5) is 4.79 Å². The number of carbonyl (C=O) groups excluding carboxylic acids is 1. The Balaban J connectivity index is 2.32. The van der Waals surface area contributed by atoms with Gasteiger partial charge in [-0.3, -0.25) is 0 Å². The molecule has 0 aromatic carbocycles. The molecule has 1 fully saturated rings. The van der Waals surface area contributed by atoms with Gasteiger partial charge in [0.05, 0.1) is 6.61 Å². The number of hydrogen-bond donors (Lipinski definition) is 4. The van der Waals surface area contributed by atoms with Crippen LogP contribution in [0.15, 0.2) is 0 Å². The summed E-state index contributed by atoms with van der Waals surface area (Å²) in [7, 11) is 0. The fourth-order valence-electron chi connectivity index (χ4n) is 1.91. The molecular weight excluding hydrogens is 212 g/mol. The van der Waals surface area contributed by atoms with Gasteiger partial charge in [-0.25, -0.2) is 9.59 Å². The molecule has 0 saturated heterocycles. The number of hydrogen-bond acceptors (Lipinski definition) is 3. The van der Waals surface area contributed by atoms with Crippen molar-refractivity contribution in [1.82, 2.24) is 10.6 Å². The van der Waals surface area contributed by atoms with Gasteiger partial charge < -0.3 is 20.8 Å². The van der Waals surface area contributed by atoms with E-state index >= 15 is 0 Å². The van der Waals surface area contributed by atoms with Crippen LogP contribution in [-0.2, 0) is 4.79 Å². The number of nitrogens with one attached hydrogen (secondary N) is 2. The maximum Gasteiger partial charge on any atom is 0.328 e. The third-order valence-electron chi connectivity index (χ3n) is 2.82. The summed E-state index contributed by atoms with van der Waals surface area (Å²) in [5.74, 6) is -0.643. The van der Waals surface area contributed by atoms with Gasteiger partial charge in [-0.1, -0.05) is 6.92 Å². The molecule has 1 rings (SSSR count). The minimum Gasteiger partial charge on any atom is -0.480 e. The largest absolute Gasteiger partial charge is 0.480 e. The molecule has 4 N–H and O–H groups in total. The van der Waals surface area contributed by atoms with Gasteiger partial charge in [-0.05, 0) is 25.2 Å². The van der Waals surface area contributed by atoms with Crippen LogP contribution in [0.25, 0.3) is 0 Å². The predicted molar refractivity (Wildman–Crippen MR) is 57.0 cm³/mol. The number of rotatable bonds is 4. The molecule has 0 spiro atoms. The summed E-state index contributed by atoms with van der Waals surface area (Å²) in [6.45, 7) is 1.51. The normalized spacial score (nSPS) is 26.1. The van der Waals surface area contributed by atoms with E-state index in [4.69, 9.17) is 10.2 Å². The van der Waals surface area contributed by atoms with E-state index in [0.717, 1.165) is 19.3 Å². The van der Waals surface area contributed by atoms with Gasteiger partial charge in [0.2, 0.25) is 0 Å². The minimum atomic E-state index is -1.24. The Morgan fingerprint density at radius 2 is 2.12 bits per heavy atom. The van der Waals surface area contributed by atoms with Crippen LogP contribution in [0, 0.1) is 5.92 Å². The fourth-order valence-corrected chi connectivity index (χ4v) is 1.91. The number of carboxylic acids is 1. The summed E-state index contributed by atoms with van der Waals surface area (Å²) < 4.78 is 0. The second-order valence-corrected chi connectivity index (χ2v) is 4.31. The van der Waals surface area contributed by atoms with E-state index in [1.165, 1.54) is 0 Å². The summed E-state index contributed by atoms with van der Waals surface area (Å²) in [6, 6.07) is -1.65. The van der Waals surface area contributed by atoms with Crippen molar-refractivity contribution in [2.24, 2.45) is 5.92 Å². The van der Waals surface area contributed by atoms with Crippen molar-refractivity contribution in [3.63, 3.8) is 0 Å². The molecular formula is C10H18N2O4. The summed E-state index contributed by atoms with van der Waals surface area (Å²) in [6.07, 6.45) is 2.92. The van der Waals surface area contributed by atoms with Crippen molar-refractivity contribution < 1.29 is 19.8 Å². The smallest absolute Gasteiger partial charge is 0.328 e. The van der Waals surface area contributed by atoms with E-state index in [0.29, 0.717) is 5.92 Å². The lowest BCUT2D eigenvalue weighted by Gasteiger charge is -2.16. The van der Waals surface area contributed by atoms with Crippen LogP contribution in [0.5, 0.6) is 0 Å². The molecule has 16 heavy (non-hydrogen) atoms. The van der Waals surface area contributed by atoms with Gasteiger partial charge in [0.15, 0.2) is 6.04 Å². The molecule has 0 aromatic rings. The molecule has 3 atom stereocenters. The zero-order valence-corrected chi connectivity index (χ0v) is 9.27. The van der Waals surface area contributed by atoms with Crippen molar-refractivity contribution >= 4 is 12.0 Å². The average Bonchev–Trinajstić information content (AvgIpc) is 2.60. The molecule has 0 bridgehead atoms. The first-order valence-corrected chi connectivity index (χ1v) is 5.43. The highest BCUT2D eigenvalue weighted by Gasteiger charge is 2.24. The van der Waals surface area contributed by atoms with Crippen molar-refractivity contribution in [3.8, 4) is 0 Å². The molecule has 2 unspecified atom stereocenters. The Kier molecular flexibility index (Phi) is 4.54. The Morgan fingerprint density at radius 1 is 1.44 bits per heavy atom. The summed E-state index contributed by atoms with van der Waals surface area (Å²) in [4.78, 5) is 21.9. The number of aliphatic hydroxyl groups is 1. The van der Waals surface area contributed by atoms with Crippen molar-refractivity contribution in [3.05, 3.63) is 0 Å². The van der Waals surface area contributed by atoms with Crippen LogP contribution >= 0.6 is 0 Å². The van der Waals surface area contributed by atoms with Crippen molar-refractivity contribution in [2.45, 2.75) is 38.3 Å². The number of carbonyl (C=O) groups is 2. The number of amides is 2. The topological polar surface area (TPSA) is 98.7 Å². The van der Waals surface area contributed by atoms with Crippen LogP contribution in [0.3, 0.4) is 0 Å². The Morgan fingerprint density at radius 3 is 2.56 bits per heavy atom. The standard InChI is InChI=1S/C10H18N2O4/c1-6-2-3-7(4-6)11-10(16)12-8(5-13)9(14)15/h6-8,13H,2-5H2,1H3,(H,14,15)(H2,11,12,16)/t6?,7?,8-/m0/s1. The lowest BCUT2D eigenvalue weighted by molar-refractivity contribution is -0.140. The first-order chi connectivity index (χ1) is 7.52. The van der Waals surface area contributed by atoms with E-state index in [2.05, 4.69) is 17.6 Å². The highest BCUT2D eigenvalue weighted by atomic mass is 16.4. The van der Waals surface area contributed by atoms with Gasteiger partial charge in [-0.15, -0.1) is 0 Å². The molecule has 92 valence electrons. The Labute approximate surface area is 94.0 Å². The van der Waals surface area contributed by atoms with E-state index in [-0.39, 0.29) is 6.04 Å². The molecule has 0 aromatic heterocycles. The number of aliphatic carboxylic acids is 1. The number of urea groups is 1. The number of aliphatic hydroxyl groups excluding tert-OH is 1. The monoisotopic (exact) mass is 230 g/mol. The third-order valence-corrected chi connectivity index (χ3v) is 2.82. The summed E-state index contributed by atoms with van der Waals surface area (Å²) in [5.41, 5.74) is 0. The molecule has 1 saturated carbocycles. The van der Waals surface area contributed by atoms with E-state index in [1.54, 1.807) is 0 Å². The molecule has 0 heterocycles. The highest BCUT2D eigenvalue weighted by molar-refractivity contribution is 5.82. The molecule has 6 nitrogen and oxygen atoms in total. The predicted octanol–water partition coefficient (Wildman–Crippen LogP) is -0.0803. The lowest BCUT2D eigenvalue weighted by Crippen LogP contribution is -2.50. The second-order valence-electron chi connectivity index (χ2n) is 4.31. The van der Waals surface area contributed by atoms with E-state index in [9.17, 15) is 9.59 Å². The quantitative estimate of drug-likeness (QED) is 0.543.